The van der Waals surface area contributed by atoms with Crippen LogP contribution in [0, 0.1) is 17.6 Å². The van der Waals surface area contributed by atoms with Gasteiger partial charge in [-0.15, -0.1) is 0 Å². The van der Waals surface area contributed by atoms with Crippen molar-refractivity contribution in [3.8, 4) is 23.0 Å². The normalized spacial score (nSPS) is 12.5. The number of carbonyl (C=O) groups is 2. The lowest BCUT2D eigenvalue weighted by Gasteiger charge is -2.29. The lowest BCUT2D eigenvalue weighted by atomic mass is 9.85. The van der Waals surface area contributed by atoms with Crippen LogP contribution in [-0.4, -0.2) is 55.3 Å². The molecule has 3 N–H and O–H groups in total. The van der Waals surface area contributed by atoms with Gasteiger partial charge in [0.15, 0.2) is 40.3 Å². The zero-order chi connectivity index (χ0) is 30.3. The van der Waals surface area contributed by atoms with Crippen molar-refractivity contribution in [2.24, 2.45) is 5.92 Å². The molecule has 1 heterocycles. The van der Waals surface area contributed by atoms with Crippen LogP contribution in [0.25, 0.3) is 0 Å². The molecule has 11 heteroatoms. The van der Waals surface area contributed by atoms with Crippen LogP contribution in [0.1, 0.15) is 54.7 Å². The van der Waals surface area contributed by atoms with Crippen LogP contribution >= 0.6 is 0 Å². The molecule has 0 aliphatic rings. The minimum Gasteiger partial charge on any atom is -0.503 e. The Labute approximate surface area is 237 Å². The predicted octanol–water partition coefficient (Wildman–Crippen LogP) is 4.57. The van der Waals surface area contributed by atoms with Gasteiger partial charge in [0.2, 0.25) is 5.91 Å². The number of rotatable bonds is 12. The fourth-order valence-electron chi connectivity index (χ4n) is 4.63. The summed E-state index contributed by atoms with van der Waals surface area (Å²) in [6.45, 7) is 5.48. The molecule has 2 atom stereocenters. The molecule has 0 saturated carbocycles. The standard InChI is InChI=1S/C30H35F2N3O6/c1-16(2)13-22(35-30(38)27-28(36)25(41-6)11-12-33-27)29(37)34-17(3)26(18-7-9-23(39-4)20(31)14-18)19-8-10-24(40-5)21(32)15-19/h7-12,14-17,22,26,36H,13H2,1-6H3,(H,34,37)(H,35,38)/t17-,22-/m0/s1. The Morgan fingerprint density at radius 1 is 0.854 bits per heavy atom. The van der Waals surface area contributed by atoms with Crippen LogP contribution in [0.4, 0.5) is 8.78 Å². The van der Waals surface area contributed by atoms with E-state index in [4.69, 9.17) is 14.2 Å². The van der Waals surface area contributed by atoms with E-state index < -0.39 is 47.2 Å². The SMILES string of the molecule is COc1ccc(C(c2ccc(OC)c(F)c2)[C@H](C)NC(=O)[C@H](CC(C)C)NC(=O)c2nccc(OC)c2O)cc1F. The fraction of sp³-hybridized carbons (Fsp3) is 0.367. The summed E-state index contributed by atoms with van der Waals surface area (Å²) in [7, 11) is 4.04. The quantitative estimate of drug-likeness (QED) is 0.291. The maximum atomic E-state index is 14.7. The Balaban J connectivity index is 1.93. The first kappa shape index (κ1) is 31.1. The molecule has 9 nitrogen and oxygen atoms in total. The molecule has 0 unspecified atom stereocenters. The van der Waals surface area contributed by atoms with Crippen LogP contribution in [0.15, 0.2) is 48.7 Å². The van der Waals surface area contributed by atoms with Gasteiger partial charge in [-0.2, -0.15) is 0 Å². The summed E-state index contributed by atoms with van der Waals surface area (Å²) >= 11 is 0. The topological polar surface area (TPSA) is 119 Å². The molecule has 0 bridgehead atoms. The molecule has 0 spiro atoms. The highest BCUT2D eigenvalue weighted by molar-refractivity contribution is 5.98. The van der Waals surface area contributed by atoms with E-state index in [-0.39, 0.29) is 35.3 Å². The van der Waals surface area contributed by atoms with E-state index in [1.165, 1.54) is 57.9 Å². The van der Waals surface area contributed by atoms with Crippen molar-refractivity contribution < 1.29 is 37.7 Å². The van der Waals surface area contributed by atoms with Crippen molar-refractivity contribution in [1.29, 1.82) is 0 Å². The summed E-state index contributed by atoms with van der Waals surface area (Å²) in [5.74, 6) is -3.49. The Morgan fingerprint density at radius 3 is 1.85 bits per heavy atom. The zero-order valence-corrected chi connectivity index (χ0v) is 23.8. The van der Waals surface area contributed by atoms with E-state index in [1.54, 1.807) is 19.1 Å². The molecule has 0 saturated heterocycles. The lowest BCUT2D eigenvalue weighted by Crippen LogP contribution is -2.51. The monoisotopic (exact) mass is 571 g/mol. The van der Waals surface area contributed by atoms with Crippen LogP contribution in [0.2, 0.25) is 0 Å². The molecule has 0 aliphatic carbocycles. The summed E-state index contributed by atoms with van der Waals surface area (Å²) in [6.07, 6.45) is 1.58. The molecule has 0 aliphatic heterocycles. The average Bonchev–Trinajstić information content (AvgIpc) is 2.92. The minimum atomic E-state index is -1.00. The number of benzene rings is 2. The van der Waals surface area contributed by atoms with Gasteiger partial charge < -0.3 is 30.0 Å². The molecule has 3 aromatic rings. The van der Waals surface area contributed by atoms with Gasteiger partial charge in [0.05, 0.1) is 21.3 Å². The number of nitrogens with zero attached hydrogens (tertiary/aromatic N) is 1. The van der Waals surface area contributed by atoms with Crippen LogP contribution < -0.4 is 24.8 Å². The summed E-state index contributed by atoms with van der Waals surface area (Å²) in [4.78, 5) is 30.5. The molecule has 41 heavy (non-hydrogen) atoms. The number of pyridine rings is 1. The number of aromatic nitrogens is 1. The molecule has 2 amide bonds. The molecule has 1 aromatic heterocycles. The summed E-state index contributed by atoms with van der Waals surface area (Å²) < 4.78 is 44.6. The van der Waals surface area contributed by atoms with Crippen LogP contribution in [0.5, 0.6) is 23.0 Å². The number of halogens is 2. The number of nitrogens with one attached hydrogen (secondary N) is 2. The van der Waals surface area contributed by atoms with Crippen molar-refractivity contribution in [2.75, 3.05) is 21.3 Å². The van der Waals surface area contributed by atoms with Crippen molar-refractivity contribution in [3.63, 3.8) is 0 Å². The third kappa shape index (κ3) is 7.41. The van der Waals surface area contributed by atoms with Gasteiger partial charge >= 0.3 is 0 Å². The van der Waals surface area contributed by atoms with Gasteiger partial charge in [-0.1, -0.05) is 26.0 Å². The Morgan fingerprint density at radius 2 is 1.39 bits per heavy atom. The number of hydrogen-bond donors (Lipinski definition) is 3. The minimum absolute atomic E-state index is 0.00962. The Bertz CT molecular complexity index is 1330. The van der Waals surface area contributed by atoms with E-state index in [0.29, 0.717) is 11.1 Å². The molecular weight excluding hydrogens is 536 g/mol. The fourth-order valence-corrected chi connectivity index (χ4v) is 4.63. The van der Waals surface area contributed by atoms with Gasteiger partial charge in [-0.05, 0) is 54.7 Å². The highest BCUT2D eigenvalue weighted by Gasteiger charge is 2.30. The zero-order valence-electron chi connectivity index (χ0n) is 23.8. The van der Waals surface area contributed by atoms with Crippen molar-refractivity contribution in [1.82, 2.24) is 15.6 Å². The molecule has 2 aromatic carbocycles. The largest absolute Gasteiger partial charge is 0.503 e. The maximum absolute atomic E-state index is 14.7. The van der Waals surface area contributed by atoms with Gasteiger partial charge in [0, 0.05) is 24.2 Å². The summed E-state index contributed by atoms with van der Waals surface area (Å²) in [6, 6.07) is 8.47. The first-order valence-electron chi connectivity index (χ1n) is 13.0. The molecule has 0 fully saturated rings. The van der Waals surface area contributed by atoms with Crippen molar-refractivity contribution in [2.45, 2.75) is 45.2 Å². The first-order valence-corrected chi connectivity index (χ1v) is 13.0. The van der Waals surface area contributed by atoms with Crippen LogP contribution in [0.3, 0.4) is 0 Å². The summed E-state index contributed by atoms with van der Waals surface area (Å²) in [5, 5.41) is 15.9. The van der Waals surface area contributed by atoms with E-state index in [1.807, 2.05) is 13.8 Å². The number of amides is 2. The lowest BCUT2D eigenvalue weighted by molar-refractivity contribution is -0.124. The van der Waals surface area contributed by atoms with E-state index in [9.17, 15) is 23.5 Å². The van der Waals surface area contributed by atoms with E-state index in [2.05, 4.69) is 15.6 Å². The second-order valence-electron chi connectivity index (χ2n) is 9.93. The van der Waals surface area contributed by atoms with E-state index >= 15 is 0 Å². The highest BCUT2D eigenvalue weighted by Crippen LogP contribution is 2.33. The predicted molar refractivity (Wildman–Crippen MR) is 149 cm³/mol. The third-order valence-electron chi connectivity index (χ3n) is 6.59. The van der Waals surface area contributed by atoms with Gasteiger partial charge in [0.25, 0.3) is 5.91 Å². The van der Waals surface area contributed by atoms with Crippen LogP contribution in [-0.2, 0) is 4.79 Å². The number of carbonyl (C=O) groups excluding carboxylic acids is 2. The smallest absolute Gasteiger partial charge is 0.274 e. The summed E-state index contributed by atoms with van der Waals surface area (Å²) in [5.41, 5.74) is 0.644. The molecular formula is C30H35F2N3O6. The average molecular weight is 572 g/mol. The number of methoxy groups -OCH3 is 3. The second kappa shape index (κ2) is 13.8. The Kier molecular flexibility index (Phi) is 10.5. The number of aromatic hydroxyl groups is 1. The van der Waals surface area contributed by atoms with Gasteiger partial charge in [-0.25, -0.2) is 13.8 Å². The third-order valence-corrected chi connectivity index (χ3v) is 6.59. The van der Waals surface area contributed by atoms with E-state index in [0.717, 1.165) is 0 Å². The number of hydrogen-bond acceptors (Lipinski definition) is 7. The highest BCUT2D eigenvalue weighted by atomic mass is 19.1. The molecule has 220 valence electrons. The van der Waals surface area contributed by atoms with Crippen molar-refractivity contribution >= 4 is 11.8 Å². The molecule has 0 radical (unpaired) electrons. The number of ether oxygens (including phenoxy) is 3. The molecule has 3 rings (SSSR count). The second-order valence-corrected chi connectivity index (χ2v) is 9.93. The first-order chi connectivity index (χ1) is 19.5. The van der Waals surface area contributed by atoms with Gasteiger partial charge in [-0.3, -0.25) is 9.59 Å². The van der Waals surface area contributed by atoms with Gasteiger partial charge in [0.1, 0.15) is 6.04 Å². The Hall–Kier alpha value is -4.41. The maximum Gasteiger partial charge on any atom is 0.274 e. The van der Waals surface area contributed by atoms with Crippen molar-refractivity contribution in [3.05, 3.63) is 77.1 Å².